The molecule has 1 aliphatic carbocycles. The van der Waals surface area contributed by atoms with Crippen molar-refractivity contribution in [3.63, 3.8) is 0 Å². The van der Waals surface area contributed by atoms with Crippen molar-refractivity contribution in [2.24, 2.45) is 0 Å². The average molecular weight is 695 g/mol. The number of furan rings is 1. The van der Waals surface area contributed by atoms with Gasteiger partial charge in [0.1, 0.15) is 11.1 Å². The molecule has 54 heavy (non-hydrogen) atoms. The summed E-state index contributed by atoms with van der Waals surface area (Å²) < 4.78 is 13.4. The SMILES string of the molecule is CC1(C)c2ccccc2-c2ccc(N(c3cccc(-c4ccc5ccccc5c4)c3)c3cccc4c3oc3ccc5nc(-c6ccccc6)oc5c34)cc21. The van der Waals surface area contributed by atoms with Crippen molar-refractivity contribution in [3.8, 4) is 33.7 Å². The van der Waals surface area contributed by atoms with Crippen molar-refractivity contribution in [2.45, 2.75) is 19.3 Å². The quantitative estimate of drug-likeness (QED) is 0.180. The summed E-state index contributed by atoms with van der Waals surface area (Å²) in [6.07, 6.45) is 0. The minimum Gasteiger partial charge on any atom is -0.454 e. The van der Waals surface area contributed by atoms with Gasteiger partial charge in [-0.3, -0.25) is 0 Å². The van der Waals surface area contributed by atoms with Crippen LogP contribution in [-0.4, -0.2) is 4.98 Å². The topological polar surface area (TPSA) is 42.4 Å². The Morgan fingerprint density at radius 2 is 1.24 bits per heavy atom. The Bertz CT molecular complexity index is 3100. The minimum absolute atomic E-state index is 0.153. The lowest BCUT2D eigenvalue weighted by molar-refractivity contribution is 0.622. The number of anilines is 3. The number of hydrogen-bond acceptors (Lipinski definition) is 4. The molecule has 4 heteroatoms. The van der Waals surface area contributed by atoms with Crippen LogP contribution < -0.4 is 4.90 Å². The van der Waals surface area contributed by atoms with Crippen LogP contribution in [0.25, 0.3) is 77.5 Å². The number of rotatable bonds is 5. The van der Waals surface area contributed by atoms with Crippen LogP contribution in [0.2, 0.25) is 0 Å². The summed E-state index contributed by atoms with van der Waals surface area (Å²) in [5.74, 6) is 0.595. The summed E-state index contributed by atoms with van der Waals surface area (Å²) >= 11 is 0. The van der Waals surface area contributed by atoms with Crippen LogP contribution in [0.3, 0.4) is 0 Å². The molecule has 0 amide bonds. The van der Waals surface area contributed by atoms with Crippen molar-refractivity contribution >= 4 is 60.9 Å². The number of oxazole rings is 1. The van der Waals surface area contributed by atoms with Gasteiger partial charge in [0.2, 0.25) is 5.89 Å². The van der Waals surface area contributed by atoms with Crippen molar-refractivity contribution in [1.82, 2.24) is 4.98 Å². The lowest BCUT2D eigenvalue weighted by atomic mass is 9.82. The number of fused-ring (bicyclic) bond motifs is 9. The summed E-state index contributed by atoms with van der Waals surface area (Å²) in [6.45, 7) is 4.66. The van der Waals surface area contributed by atoms with E-state index in [0.717, 1.165) is 61.2 Å². The van der Waals surface area contributed by atoms with Crippen LogP contribution in [0.5, 0.6) is 0 Å². The first-order valence-electron chi connectivity index (χ1n) is 18.5. The third-order valence-electron chi connectivity index (χ3n) is 11.3. The van der Waals surface area contributed by atoms with Gasteiger partial charge in [-0.05, 0) is 105 Å². The maximum atomic E-state index is 6.85. The average Bonchev–Trinajstić information content (AvgIpc) is 3.89. The van der Waals surface area contributed by atoms with Crippen LogP contribution in [-0.2, 0) is 5.41 Å². The first-order valence-corrected chi connectivity index (χ1v) is 18.5. The Morgan fingerprint density at radius 1 is 0.500 bits per heavy atom. The van der Waals surface area contributed by atoms with Gasteiger partial charge in [0.25, 0.3) is 0 Å². The molecule has 0 radical (unpaired) electrons. The molecular weight excluding hydrogens is 661 g/mol. The van der Waals surface area contributed by atoms with E-state index in [1.54, 1.807) is 0 Å². The van der Waals surface area contributed by atoms with Gasteiger partial charge >= 0.3 is 0 Å². The molecule has 256 valence electrons. The zero-order valence-electron chi connectivity index (χ0n) is 29.9. The molecule has 0 bridgehead atoms. The van der Waals surface area contributed by atoms with Gasteiger partial charge < -0.3 is 13.7 Å². The molecule has 2 aromatic heterocycles. The Morgan fingerprint density at radius 3 is 2.15 bits per heavy atom. The fraction of sp³-hybridized carbons (Fsp3) is 0.0600. The molecule has 0 saturated heterocycles. The number of aromatic nitrogens is 1. The zero-order valence-corrected chi connectivity index (χ0v) is 29.9. The van der Waals surface area contributed by atoms with Gasteiger partial charge in [0, 0.05) is 27.7 Å². The largest absolute Gasteiger partial charge is 0.454 e. The normalized spacial score (nSPS) is 13.1. The van der Waals surface area contributed by atoms with Crippen molar-refractivity contribution in [1.29, 1.82) is 0 Å². The van der Waals surface area contributed by atoms with E-state index in [-0.39, 0.29) is 5.41 Å². The van der Waals surface area contributed by atoms with Crippen molar-refractivity contribution in [3.05, 3.63) is 181 Å². The summed E-state index contributed by atoms with van der Waals surface area (Å²) in [4.78, 5) is 7.22. The van der Waals surface area contributed by atoms with Gasteiger partial charge in [-0.2, -0.15) is 0 Å². The summed E-state index contributed by atoms with van der Waals surface area (Å²) in [7, 11) is 0. The molecule has 0 unspecified atom stereocenters. The van der Waals surface area contributed by atoms with Crippen LogP contribution in [0.1, 0.15) is 25.0 Å². The van der Waals surface area contributed by atoms with Gasteiger partial charge in [-0.1, -0.05) is 123 Å². The molecule has 2 heterocycles. The van der Waals surface area contributed by atoms with E-state index in [4.69, 9.17) is 13.8 Å². The maximum absolute atomic E-state index is 6.85. The van der Waals surface area contributed by atoms with Crippen LogP contribution in [0, 0.1) is 0 Å². The van der Waals surface area contributed by atoms with Gasteiger partial charge in [-0.25, -0.2) is 4.98 Å². The van der Waals surface area contributed by atoms with Crippen LogP contribution in [0.4, 0.5) is 17.1 Å². The summed E-state index contributed by atoms with van der Waals surface area (Å²) in [5, 5.41) is 4.36. The van der Waals surface area contributed by atoms with E-state index in [1.165, 1.54) is 38.6 Å². The number of nitrogens with zero attached hydrogens (tertiary/aromatic N) is 2. The van der Waals surface area contributed by atoms with Crippen molar-refractivity contribution in [2.75, 3.05) is 4.90 Å². The van der Waals surface area contributed by atoms with E-state index in [9.17, 15) is 0 Å². The van der Waals surface area contributed by atoms with E-state index in [0.29, 0.717) is 5.89 Å². The second-order valence-electron chi connectivity index (χ2n) is 14.8. The molecular formula is C50H34N2O2. The first-order chi connectivity index (χ1) is 26.5. The minimum atomic E-state index is -0.153. The smallest absolute Gasteiger partial charge is 0.227 e. The van der Waals surface area contributed by atoms with Gasteiger partial charge in [0.15, 0.2) is 11.2 Å². The van der Waals surface area contributed by atoms with Gasteiger partial charge in [0.05, 0.1) is 11.1 Å². The van der Waals surface area contributed by atoms with Crippen molar-refractivity contribution < 1.29 is 8.83 Å². The Kier molecular flexibility index (Phi) is 6.56. The second-order valence-corrected chi connectivity index (χ2v) is 14.8. The highest BCUT2D eigenvalue weighted by molar-refractivity contribution is 6.19. The monoisotopic (exact) mass is 694 g/mol. The number of para-hydroxylation sites is 1. The molecule has 0 fully saturated rings. The Balaban J connectivity index is 1.13. The Labute approximate surface area is 312 Å². The first kappa shape index (κ1) is 30.7. The van der Waals surface area contributed by atoms with E-state index in [1.807, 2.05) is 42.5 Å². The molecule has 8 aromatic carbocycles. The molecule has 4 nitrogen and oxygen atoms in total. The highest BCUT2D eigenvalue weighted by atomic mass is 16.4. The fourth-order valence-electron chi connectivity index (χ4n) is 8.59. The van der Waals surface area contributed by atoms with E-state index < -0.39 is 0 Å². The lowest BCUT2D eigenvalue weighted by Gasteiger charge is -2.28. The predicted octanol–water partition coefficient (Wildman–Crippen LogP) is 14.0. The predicted molar refractivity (Wildman–Crippen MR) is 222 cm³/mol. The van der Waals surface area contributed by atoms with Gasteiger partial charge in [-0.15, -0.1) is 0 Å². The summed E-state index contributed by atoms with van der Waals surface area (Å²) in [6, 6.07) is 60.2. The summed E-state index contributed by atoms with van der Waals surface area (Å²) in [5.41, 5.74) is 14.5. The highest BCUT2D eigenvalue weighted by Gasteiger charge is 2.36. The maximum Gasteiger partial charge on any atom is 0.227 e. The third kappa shape index (κ3) is 4.60. The lowest BCUT2D eigenvalue weighted by Crippen LogP contribution is -2.16. The van der Waals surface area contributed by atoms with E-state index >= 15 is 0 Å². The standard InChI is InChI=1S/C50H34N2O2/c1-50(2)41-20-9-8-18-38(41)39-25-24-37(30-42(39)50)52(36-17-10-16-34(29-36)35-23-22-31-12-6-7-15-33(31)28-35)44-21-11-19-40-46-45(53-47(40)44)27-26-43-48(46)54-49(51-43)32-13-4-3-5-14-32/h3-30H,1-2H3. The molecule has 1 aliphatic rings. The zero-order chi connectivity index (χ0) is 36.0. The number of benzene rings is 8. The third-order valence-corrected chi connectivity index (χ3v) is 11.3. The van der Waals surface area contributed by atoms with E-state index in [2.05, 4.69) is 146 Å². The highest BCUT2D eigenvalue weighted by Crippen LogP contribution is 2.51. The molecule has 0 saturated carbocycles. The molecule has 11 rings (SSSR count). The molecule has 0 aliphatic heterocycles. The molecule has 0 atom stereocenters. The molecule has 0 spiro atoms. The van der Waals surface area contributed by atoms with Crippen LogP contribution >= 0.6 is 0 Å². The Hall–Kier alpha value is -6.91. The fourth-order valence-corrected chi connectivity index (χ4v) is 8.59. The molecule has 0 N–H and O–H groups in total. The second kappa shape index (κ2) is 11.5. The number of hydrogen-bond donors (Lipinski definition) is 0. The van der Waals surface area contributed by atoms with Crippen LogP contribution in [0.15, 0.2) is 179 Å². The molecule has 10 aromatic rings.